The van der Waals surface area contributed by atoms with Gasteiger partial charge in [-0.05, 0) is 11.6 Å². The Morgan fingerprint density at radius 2 is 1.96 bits per heavy atom. The fourth-order valence-electron chi connectivity index (χ4n) is 1.95. The minimum absolute atomic E-state index is 0.292. The summed E-state index contributed by atoms with van der Waals surface area (Å²) in [6.45, 7) is 1.79. The monoisotopic (exact) mass is 379 g/mol. The van der Waals surface area contributed by atoms with Crippen molar-refractivity contribution < 1.29 is 15.0 Å². The van der Waals surface area contributed by atoms with Crippen molar-refractivity contribution in [3.05, 3.63) is 42.0 Å². The number of carbonyl (C=O) groups is 1. The van der Waals surface area contributed by atoms with Crippen molar-refractivity contribution in [2.75, 3.05) is 27.2 Å². The number of nitrogens with two attached hydrogens (primary N) is 1. The van der Waals surface area contributed by atoms with E-state index in [9.17, 15) is 4.79 Å². The number of hydrogen-bond acceptors (Lipinski definition) is 1. The van der Waals surface area contributed by atoms with Crippen LogP contribution in [-0.2, 0) is 4.79 Å². The number of nitrogens with one attached hydrogen (secondary N) is 2. The minimum atomic E-state index is -1.57. The zero-order valence-electron chi connectivity index (χ0n) is 13.4. The van der Waals surface area contributed by atoms with Crippen LogP contribution in [0.5, 0.6) is 0 Å². The first-order valence-electron chi connectivity index (χ1n) is 7.51. The van der Waals surface area contributed by atoms with Gasteiger partial charge in [-0.15, -0.1) is 0 Å². The molecular weight excluding hydrogens is 357 g/mol. The number of amides is 1. The Morgan fingerprint density at radius 3 is 2.52 bits per heavy atom. The maximum Gasteiger partial charge on any atom is 0.262 e. The topological polar surface area (TPSA) is 50.1 Å². The van der Waals surface area contributed by atoms with Gasteiger partial charge in [0.15, 0.2) is 0 Å². The van der Waals surface area contributed by atoms with Gasteiger partial charge in [0, 0.05) is 12.5 Å². The van der Waals surface area contributed by atoms with Crippen molar-refractivity contribution in [1.29, 1.82) is 0 Å². The van der Waals surface area contributed by atoms with Crippen LogP contribution in [0, 0.1) is 0 Å². The predicted molar refractivity (Wildman–Crippen MR) is 96.8 cm³/mol. The van der Waals surface area contributed by atoms with Gasteiger partial charge in [-0.25, -0.2) is 0 Å². The summed E-state index contributed by atoms with van der Waals surface area (Å²) < 4.78 is -1.57. The summed E-state index contributed by atoms with van der Waals surface area (Å²) in [5.74, 6) is -0.292. The van der Waals surface area contributed by atoms with E-state index in [0.29, 0.717) is 0 Å². The molecule has 1 aromatic rings. The van der Waals surface area contributed by atoms with Crippen molar-refractivity contribution >= 4 is 46.8 Å². The van der Waals surface area contributed by atoms with Crippen LogP contribution < -0.4 is 15.5 Å². The van der Waals surface area contributed by atoms with Crippen molar-refractivity contribution in [2.45, 2.75) is 16.4 Å². The van der Waals surface area contributed by atoms with E-state index in [1.807, 2.05) is 35.6 Å². The molecule has 0 aliphatic heterocycles. The van der Waals surface area contributed by atoms with Crippen LogP contribution in [0.4, 0.5) is 0 Å². The van der Waals surface area contributed by atoms with E-state index < -0.39 is 9.96 Å². The van der Waals surface area contributed by atoms with E-state index in [2.05, 4.69) is 19.4 Å². The van der Waals surface area contributed by atoms with E-state index in [1.165, 1.54) is 11.0 Å². The number of benzene rings is 1. The van der Waals surface area contributed by atoms with Crippen molar-refractivity contribution in [3.8, 4) is 0 Å². The molecule has 0 radical (unpaired) electrons. The standard InChI is InChI=1S/C16H22Cl3N3O/c1-22(2)12-6-11-20-15(16(17,18)19)21-14(23)10-9-13-7-4-3-5-8-13/h3-5,7-10,15,20H,6,11-12H2,1-2H3,(H,21,23)/p+2/b10-9+/t15-/m1/s1. The number of halogens is 3. The third-order valence-corrected chi connectivity index (χ3v) is 3.87. The van der Waals surface area contributed by atoms with Gasteiger partial charge in [-0.1, -0.05) is 65.1 Å². The molecule has 0 heterocycles. The Bertz CT molecular complexity index is 501. The molecule has 0 aromatic heterocycles. The summed E-state index contributed by atoms with van der Waals surface area (Å²) in [6, 6.07) is 9.54. The quantitative estimate of drug-likeness (QED) is 0.263. The van der Waals surface area contributed by atoms with Crippen LogP contribution in [0.25, 0.3) is 6.08 Å². The van der Waals surface area contributed by atoms with Crippen LogP contribution in [0.15, 0.2) is 36.4 Å². The third-order valence-electron chi connectivity index (χ3n) is 3.16. The molecule has 7 heteroatoms. The third kappa shape index (κ3) is 9.18. The maximum absolute atomic E-state index is 12.0. The van der Waals surface area contributed by atoms with Gasteiger partial charge in [0.1, 0.15) is 0 Å². The average molecular weight is 381 g/mol. The number of carbonyl (C=O) groups excluding carboxylic acids is 1. The largest absolute Gasteiger partial charge is 0.340 e. The highest BCUT2D eigenvalue weighted by molar-refractivity contribution is 6.68. The summed E-state index contributed by atoms with van der Waals surface area (Å²) >= 11 is 17.9. The second-order valence-electron chi connectivity index (χ2n) is 5.61. The molecule has 0 fully saturated rings. The Labute approximate surface area is 152 Å². The number of quaternary nitrogens is 2. The lowest BCUT2D eigenvalue weighted by molar-refractivity contribution is -0.860. The molecule has 0 aliphatic carbocycles. The van der Waals surface area contributed by atoms with Crippen LogP contribution in [0.2, 0.25) is 0 Å². The molecule has 0 bridgehead atoms. The molecule has 128 valence electrons. The molecule has 1 atom stereocenters. The molecule has 4 nitrogen and oxygen atoms in total. The first kappa shape index (κ1) is 20.3. The minimum Gasteiger partial charge on any atom is -0.340 e. The number of alkyl halides is 3. The summed E-state index contributed by atoms with van der Waals surface area (Å²) in [5.41, 5.74) is 0.936. The molecule has 0 saturated heterocycles. The molecule has 0 unspecified atom stereocenters. The molecule has 23 heavy (non-hydrogen) atoms. The normalized spacial score (nSPS) is 13.5. The van der Waals surface area contributed by atoms with Crippen molar-refractivity contribution in [1.82, 2.24) is 5.32 Å². The van der Waals surface area contributed by atoms with Crippen LogP contribution >= 0.6 is 34.8 Å². The van der Waals surface area contributed by atoms with Gasteiger partial charge >= 0.3 is 0 Å². The number of hydrogen-bond donors (Lipinski definition) is 3. The maximum atomic E-state index is 12.0. The number of rotatable bonds is 8. The van der Waals surface area contributed by atoms with Gasteiger partial charge in [0.2, 0.25) is 12.1 Å². The molecule has 0 spiro atoms. The van der Waals surface area contributed by atoms with Gasteiger partial charge < -0.3 is 10.2 Å². The highest BCUT2D eigenvalue weighted by Crippen LogP contribution is 2.27. The van der Waals surface area contributed by atoms with Crippen molar-refractivity contribution in [3.63, 3.8) is 0 Å². The summed E-state index contributed by atoms with van der Waals surface area (Å²) in [4.78, 5) is 13.4. The molecule has 1 aromatic carbocycles. The second-order valence-corrected chi connectivity index (χ2v) is 7.98. The predicted octanol–water partition coefficient (Wildman–Crippen LogP) is 0.610. The zero-order valence-corrected chi connectivity index (χ0v) is 15.6. The van der Waals surface area contributed by atoms with Crippen LogP contribution in [-0.4, -0.2) is 43.1 Å². The Kier molecular flexibility index (Phi) is 8.95. The van der Waals surface area contributed by atoms with Gasteiger partial charge in [-0.3, -0.25) is 10.1 Å². The van der Waals surface area contributed by atoms with Gasteiger partial charge in [-0.2, -0.15) is 0 Å². The molecule has 0 saturated carbocycles. The summed E-state index contributed by atoms with van der Waals surface area (Å²) in [7, 11) is 4.17. The fraction of sp³-hybridized carbons (Fsp3) is 0.438. The lowest BCUT2D eigenvalue weighted by Crippen LogP contribution is -3.06. The van der Waals surface area contributed by atoms with Crippen LogP contribution in [0.3, 0.4) is 0 Å². The lowest BCUT2D eigenvalue weighted by atomic mass is 10.2. The lowest BCUT2D eigenvalue weighted by Gasteiger charge is -2.22. The molecular formula is C16H24Cl3N3O+2. The summed E-state index contributed by atoms with van der Waals surface area (Å²) in [5, 5.41) is 4.58. The second kappa shape index (κ2) is 10.2. The fourth-order valence-corrected chi connectivity index (χ4v) is 2.38. The SMILES string of the molecule is C[NH+](C)CCC[NH2+][C@H](NC(=O)/C=C/c1ccccc1)C(Cl)(Cl)Cl. The Balaban J connectivity index is 2.52. The van der Waals surface area contributed by atoms with E-state index in [0.717, 1.165) is 25.1 Å². The van der Waals surface area contributed by atoms with E-state index in [1.54, 1.807) is 6.08 Å². The van der Waals surface area contributed by atoms with Gasteiger partial charge in [0.25, 0.3) is 3.79 Å². The highest BCUT2D eigenvalue weighted by atomic mass is 35.6. The Morgan fingerprint density at radius 1 is 1.30 bits per heavy atom. The van der Waals surface area contributed by atoms with E-state index >= 15 is 0 Å². The zero-order chi connectivity index (χ0) is 17.3. The Hall–Kier alpha value is -0.780. The first-order valence-corrected chi connectivity index (χ1v) is 8.65. The molecule has 4 N–H and O–H groups in total. The average Bonchev–Trinajstić information content (AvgIpc) is 2.48. The van der Waals surface area contributed by atoms with Crippen LogP contribution in [0.1, 0.15) is 12.0 Å². The molecule has 1 amide bonds. The van der Waals surface area contributed by atoms with Crippen molar-refractivity contribution in [2.24, 2.45) is 0 Å². The van der Waals surface area contributed by atoms with Gasteiger partial charge in [0.05, 0.1) is 27.2 Å². The first-order chi connectivity index (χ1) is 10.8. The van der Waals surface area contributed by atoms with E-state index in [-0.39, 0.29) is 5.91 Å². The van der Waals surface area contributed by atoms with E-state index in [4.69, 9.17) is 34.8 Å². The molecule has 0 aliphatic rings. The highest BCUT2D eigenvalue weighted by Gasteiger charge is 2.36. The summed E-state index contributed by atoms with van der Waals surface area (Å²) in [6.07, 6.45) is 3.50. The molecule has 1 rings (SSSR count). The smallest absolute Gasteiger partial charge is 0.262 e.